The summed E-state index contributed by atoms with van der Waals surface area (Å²) in [6.45, 7) is 20.3. The molecule has 3 radical (unpaired) electrons. The predicted octanol–water partition coefficient (Wildman–Crippen LogP) is 7.28. The van der Waals surface area contributed by atoms with E-state index in [1.54, 1.807) is 54.8 Å². The average molecular weight is 1410 g/mol. The quantitative estimate of drug-likeness (QED) is 0.0898. The number of benzene rings is 3. The summed E-state index contributed by atoms with van der Waals surface area (Å²) in [5.74, 6) is 0.478. The number of piperazine rings is 3. The smallest absolute Gasteiger partial charge is 1.00 e. The Morgan fingerprint density at radius 3 is 1.66 bits per heavy atom. The molecule has 3 aromatic carbocycles. The number of nitrogens with one attached hydrogen (secondary N) is 1. The van der Waals surface area contributed by atoms with E-state index in [1.165, 1.54) is 51.7 Å². The topological polar surface area (TPSA) is 257 Å². The minimum Gasteiger partial charge on any atom is -1.00 e. The number of hydrogen-bond acceptors (Lipinski definition) is 20. The number of likely N-dealkylation sites (N-methyl/N-ethyl adjacent to an activating group) is 6. The largest absolute Gasteiger partial charge is 1.00 e. The summed E-state index contributed by atoms with van der Waals surface area (Å²) in [6, 6.07) is 22.1. The molecule has 0 saturated carbocycles. The van der Waals surface area contributed by atoms with Gasteiger partial charge < -0.3 is 37.0 Å². The number of thiazole rings is 3. The fourth-order valence-electron chi connectivity index (χ4n) is 12.7. The van der Waals surface area contributed by atoms with Crippen LogP contribution in [0.2, 0.25) is 0 Å². The Bertz CT molecular complexity index is 4140. The standard InChI is InChI=1S/C24H32N4O3S.C19H26N4OS.C19H24N4OS.C10H12N2O3.B.Na.H/c1-15-7-9-18(28(12-15)23(30)31-24(2,3)4)16-8-10-20-17(11-16)25-22(32-20)19-13-27(6)21(29)14-26(19)5;2*1-12-4-6-14(20-9-12)13-5-7-17-15(8-13)21-19(25-17)16-10-23(3)18(24)11-22(16)2;1-2-7-3-6(5-12-9(7)11)4-8(13)10(14)15;;;/h8-11,15,19H,7,12-14H2,1-6H3;5,7-8,12,14,16,20H,4,6,9-11H2,1-3H3;5,7-8,12,16H,4,6,9-11H2,1-3H3;3,5H,2,4H2,1H3,(H2,11,12)(H,14,15);;;/q;;;;;+1;-1/t15-,19?;12-,14+,16?;12-,16?;;;;/m000..../s1. The molecule has 99 heavy (non-hydrogen) atoms. The van der Waals surface area contributed by atoms with E-state index in [4.69, 9.17) is 35.5 Å². The molecule has 0 aliphatic carbocycles. The van der Waals surface area contributed by atoms with Crippen molar-refractivity contribution in [3.05, 3.63) is 116 Å². The van der Waals surface area contributed by atoms with Gasteiger partial charge in [0.15, 0.2) is 0 Å². The van der Waals surface area contributed by atoms with Gasteiger partial charge in [0.1, 0.15) is 26.4 Å². The maximum Gasteiger partial charge on any atom is 1.00 e. The Hall–Kier alpha value is -6.59. The van der Waals surface area contributed by atoms with Crippen molar-refractivity contribution in [1.29, 1.82) is 0 Å². The number of carboxylic acids is 1. The summed E-state index contributed by atoms with van der Waals surface area (Å²) in [7, 11) is 11.6. The first-order valence-electron chi connectivity index (χ1n) is 33.6. The molecule has 7 aromatic rings. The summed E-state index contributed by atoms with van der Waals surface area (Å²) >= 11 is 5.16. The number of rotatable bonds is 10. The number of aromatic nitrogens is 4. The maximum atomic E-state index is 12.9. The zero-order valence-electron chi connectivity index (χ0n) is 60.8. The third kappa shape index (κ3) is 19.5. The Labute approximate surface area is 619 Å². The molecule has 0 bridgehead atoms. The monoisotopic (exact) mass is 1410 g/mol. The van der Waals surface area contributed by atoms with Crippen LogP contribution >= 0.6 is 34.0 Å². The van der Waals surface area contributed by atoms with Crippen LogP contribution in [0.25, 0.3) is 36.3 Å². The molecule has 4 amide bonds. The normalized spacial score (nSPS) is 22.6. The van der Waals surface area contributed by atoms with E-state index in [2.05, 4.69) is 106 Å². The molecule has 22 nitrogen and oxygen atoms in total. The number of amides is 4. The number of anilines is 1. The average Bonchev–Trinajstić information content (AvgIpc) is 1.64. The van der Waals surface area contributed by atoms with Gasteiger partial charge in [-0.2, -0.15) is 0 Å². The second kappa shape index (κ2) is 33.9. The molecule has 27 heteroatoms. The molecule has 7 atom stereocenters. The molecular weight excluding hydrogens is 1320 g/mol. The number of carbonyl (C=O) groups is 6. The first kappa shape index (κ1) is 78.1. The third-order valence-electron chi connectivity index (χ3n) is 18.8. The van der Waals surface area contributed by atoms with Crippen LogP contribution in [0.3, 0.4) is 0 Å². The first-order chi connectivity index (χ1) is 46.1. The summed E-state index contributed by atoms with van der Waals surface area (Å²) in [6.07, 6.45) is 9.47. The predicted molar refractivity (Wildman–Crippen MR) is 393 cm³/mol. The number of Topliss-reactive ketones (excluding diaryl/α,β-unsaturated/α-hetero) is 1. The van der Waals surface area contributed by atoms with Gasteiger partial charge in [-0.15, -0.1) is 34.0 Å². The molecular formula is C72H95BN14NaO8S3. The number of ketones is 1. The number of carboxylic acid groups (broad SMARTS) is 1. The van der Waals surface area contributed by atoms with Gasteiger partial charge in [0.2, 0.25) is 23.5 Å². The number of carbonyl (C=O) groups excluding carboxylic acids is 5. The van der Waals surface area contributed by atoms with Gasteiger partial charge in [0.25, 0.3) is 0 Å². The van der Waals surface area contributed by atoms with Gasteiger partial charge in [-0.3, -0.25) is 43.8 Å². The molecule has 4 saturated heterocycles. The number of nitrogen functional groups attached to an aromatic ring is 1. The van der Waals surface area contributed by atoms with Crippen LogP contribution in [0.5, 0.6) is 0 Å². The number of allylic oxidation sites excluding steroid dienone is 1. The van der Waals surface area contributed by atoms with Gasteiger partial charge in [-0.1, -0.05) is 58.0 Å². The van der Waals surface area contributed by atoms with Crippen LogP contribution in [0.1, 0.15) is 149 Å². The minimum absolute atomic E-state index is 0. The molecule has 4 fully saturated rings. The molecule has 523 valence electrons. The van der Waals surface area contributed by atoms with E-state index >= 15 is 0 Å². The van der Waals surface area contributed by atoms with Crippen LogP contribution in [0.4, 0.5) is 10.6 Å². The molecule has 6 aliphatic rings. The van der Waals surface area contributed by atoms with Crippen LogP contribution in [0, 0.1) is 17.8 Å². The number of pyridine rings is 1. The van der Waals surface area contributed by atoms with Crippen LogP contribution in [-0.4, -0.2) is 216 Å². The van der Waals surface area contributed by atoms with Gasteiger partial charge in [0, 0.05) is 92.2 Å². The van der Waals surface area contributed by atoms with E-state index in [1.807, 2.05) is 74.9 Å². The Morgan fingerprint density at radius 1 is 0.677 bits per heavy atom. The van der Waals surface area contributed by atoms with Gasteiger partial charge in [0.05, 0.1) is 74.1 Å². The zero-order chi connectivity index (χ0) is 69.7. The van der Waals surface area contributed by atoms with Crippen molar-refractivity contribution in [2.24, 2.45) is 22.7 Å². The van der Waals surface area contributed by atoms with Crippen LogP contribution < -0.4 is 40.6 Å². The van der Waals surface area contributed by atoms with Gasteiger partial charge in [-0.05, 0) is 163 Å². The molecule has 10 heterocycles. The Balaban J connectivity index is 0.000000191. The Kier molecular flexibility index (Phi) is 26.8. The van der Waals surface area contributed by atoms with Crippen molar-refractivity contribution in [2.75, 3.05) is 107 Å². The van der Waals surface area contributed by atoms with E-state index in [-0.39, 0.29) is 87.8 Å². The second-order valence-corrected chi connectivity index (χ2v) is 31.3. The molecule has 6 aliphatic heterocycles. The maximum absolute atomic E-state index is 12.9. The van der Waals surface area contributed by atoms with Crippen molar-refractivity contribution in [2.45, 2.75) is 123 Å². The van der Waals surface area contributed by atoms with Gasteiger partial charge in [-0.25, -0.2) is 29.5 Å². The first-order valence-corrected chi connectivity index (χ1v) is 36.0. The fraction of sp³-hybridized carbons (Fsp3) is 0.514. The van der Waals surface area contributed by atoms with E-state index < -0.39 is 17.4 Å². The SMILES string of the molecule is CCc1cc(CC(=O)C(=O)O)cnc1N.C[C@H]1CC=C(c2ccc3sc(C4CN(C)C(=O)CN4C)nc3c2)N(C(=O)OC(C)(C)C)C1.C[C@H]1CCC(c2ccc3sc(C4CN(C)C(=O)CN4C)nc3c2)=NC1.C[C@H]1CC[C@H](c2ccc3sc(C4CN(C)C(=O)CN4C)nc3c2)NC1.[B].[H-].[Na+]. The number of piperidine rings is 1. The summed E-state index contributed by atoms with van der Waals surface area (Å²) in [5.41, 5.74) is 15.1. The van der Waals surface area contributed by atoms with Crippen molar-refractivity contribution in [3.8, 4) is 0 Å². The van der Waals surface area contributed by atoms with Crippen molar-refractivity contribution in [3.63, 3.8) is 0 Å². The molecule has 0 spiro atoms. The number of ether oxygens (including phenoxy) is 1. The number of hydrogen-bond donors (Lipinski definition) is 3. The molecule has 13 rings (SSSR count). The number of nitrogens with zero attached hydrogens (tertiary/aromatic N) is 12. The summed E-state index contributed by atoms with van der Waals surface area (Å²) < 4.78 is 9.21. The minimum atomic E-state index is -1.43. The van der Waals surface area contributed by atoms with E-state index in [0.29, 0.717) is 81.5 Å². The second-order valence-electron chi connectivity index (χ2n) is 28.1. The molecule has 3 unspecified atom stereocenters. The molecule has 4 aromatic heterocycles. The fourth-order valence-corrected chi connectivity index (χ4v) is 16.0. The van der Waals surface area contributed by atoms with Gasteiger partial charge >= 0.3 is 41.6 Å². The number of fused-ring (bicyclic) bond motifs is 3. The van der Waals surface area contributed by atoms with Crippen molar-refractivity contribution >= 4 is 126 Å². The van der Waals surface area contributed by atoms with E-state index in [9.17, 15) is 28.8 Å². The van der Waals surface area contributed by atoms with Crippen LogP contribution in [0.15, 0.2) is 77.9 Å². The number of aliphatic carboxylic acids is 1. The van der Waals surface area contributed by atoms with Crippen molar-refractivity contribution < 1.29 is 69.6 Å². The van der Waals surface area contributed by atoms with Crippen LogP contribution in [-0.2, 0) is 41.6 Å². The number of aliphatic imine (C=N–C) groups is 1. The molecule has 4 N–H and O–H groups in total. The van der Waals surface area contributed by atoms with E-state index in [0.717, 1.165) is 84.9 Å². The Morgan fingerprint density at radius 2 is 1.18 bits per heavy atom. The number of nitrogens with two attached hydrogens (primary N) is 1. The summed E-state index contributed by atoms with van der Waals surface area (Å²) in [4.78, 5) is 107. The van der Waals surface area contributed by atoms with Crippen molar-refractivity contribution in [1.82, 2.24) is 59.6 Å². The summed E-state index contributed by atoms with van der Waals surface area (Å²) in [5, 5.41) is 15.3. The third-order valence-corrected chi connectivity index (χ3v) is 22.2. The zero-order valence-corrected chi connectivity index (χ0v) is 64.3. The number of aryl methyl sites for hydroxylation is 1.